The largest absolute Gasteiger partial charge is 0.368 e. The summed E-state index contributed by atoms with van der Waals surface area (Å²) in [5.41, 5.74) is 1.84. The summed E-state index contributed by atoms with van der Waals surface area (Å²) in [6, 6.07) is 9.66. The summed E-state index contributed by atoms with van der Waals surface area (Å²) in [5, 5.41) is 4.98. The van der Waals surface area contributed by atoms with E-state index >= 15 is 0 Å². The maximum absolute atomic E-state index is 12.7. The summed E-state index contributed by atoms with van der Waals surface area (Å²) in [7, 11) is 0. The Labute approximate surface area is 141 Å². The molecular formula is C17H21ClN4O. The van der Waals surface area contributed by atoms with Crippen molar-refractivity contribution in [3.8, 4) is 0 Å². The van der Waals surface area contributed by atoms with Crippen molar-refractivity contribution >= 4 is 23.2 Å². The predicted molar refractivity (Wildman–Crippen MR) is 92.1 cm³/mol. The molecule has 122 valence electrons. The highest BCUT2D eigenvalue weighted by molar-refractivity contribution is 6.30. The number of hydrogen-bond donors (Lipinski definition) is 0. The van der Waals surface area contributed by atoms with Gasteiger partial charge in [0, 0.05) is 49.6 Å². The first-order valence-electron chi connectivity index (χ1n) is 8.00. The molecule has 6 heteroatoms. The van der Waals surface area contributed by atoms with Crippen LogP contribution in [0.5, 0.6) is 0 Å². The number of aryl methyl sites for hydroxylation is 1. The van der Waals surface area contributed by atoms with E-state index in [2.05, 4.69) is 16.9 Å². The SMILES string of the molecule is CCCn1nccc1C(=O)N1CCN(c2ccc(Cl)cc2)CC1. The minimum absolute atomic E-state index is 0.0757. The van der Waals surface area contributed by atoms with Crippen molar-refractivity contribution in [1.29, 1.82) is 0 Å². The molecule has 0 saturated carbocycles. The third-order valence-corrected chi connectivity index (χ3v) is 4.38. The van der Waals surface area contributed by atoms with Crippen LogP contribution in [0.2, 0.25) is 5.02 Å². The highest BCUT2D eigenvalue weighted by atomic mass is 35.5. The zero-order valence-electron chi connectivity index (χ0n) is 13.3. The molecule has 0 spiro atoms. The summed E-state index contributed by atoms with van der Waals surface area (Å²) < 4.78 is 1.80. The Hall–Kier alpha value is -2.01. The lowest BCUT2D eigenvalue weighted by Crippen LogP contribution is -2.49. The number of aromatic nitrogens is 2. The number of anilines is 1. The highest BCUT2D eigenvalue weighted by Gasteiger charge is 2.24. The van der Waals surface area contributed by atoms with Crippen LogP contribution in [0.25, 0.3) is 0 Å². The lowest BCUT2D eigenvalue weighted by molar-refractivity contribution is 0.0734. The zero-order chi connectivity index (χ0) is 16.2. The van der Waals surface area contributed by atoms with Crippen molar-refractivity contribution in [3.63, 3.8) is 0 Å². The Balaban J connectivity index is 1.63. The van der Waals surface area contributed by atoms with E-state index in [1.165, 1.54) is 0 Å². The van der Waals surface area contributed by atoms with Crippen LogP contribution in [0.4, 0.5) is 5.69 Å². The fraction of sp³-hybridized carbons (Fsp3) is 0.412. The molecule has 1 amide bonds. The minimum Gasteiger partial charge on any atom is -0.368 e. The Kier molecular flexibility index (Phi) is 4.86. The molecule has 1 aromatic carbocycles. The lowest BCUT2D eigenvalue weighted by Gasteiger charge is -2.36. The molecule has 2 aromatic rings. The minimum atomic E-state index is 0.0757. The van der Waals surface area contributed by atoms with E-state index < -0.39 is 0 Å². The maximum atomic E-state index is 12.7. The molecule has 2 heterocycles. The molecule has 5 nitrogen and oxygen atoms in total. The van der Waals surface area contributed by atoms with E-state index in [0.29, 0.717) is 5.69 Å². The second-order valence-electron chi connectivity index (χ2n) is 5.70. The molecule has 1 aliphatic heterocycles. The van der Waals surface area contributed by atoms with Gasteiger partial charge in [0.15, 0.2) is 0 Å². The number of nitrogens with zero attached hydrogens (tertiary/aromatic N) is 4. The van der Waals surface area contributed by atoms with Crippen LogP contribution in [0, 0.1) is 0 Å². The normalized spacial score (nSPS) is 15.0. The number of amides is 1. The van der Waals surface area contributed by atoms with Gasteiger partial charge in [-0.15, -0.1) is 0 Å². The van der Waals surface area contributed by atoms with Gasteiger partial charge in [0.1, 0.15) is 5.69 Å². The number of rotatable bonds is 4. The maximum Gasteiger partial charge on any atom is 0.272 e. The van der Waals surface area contributed by atoms with Crippen LogP contribution < -0.4 is 4.90 Å². The predicted octanol–water partition coefficient (Wildman–Crippen LogP) is 2.91. The van der Waals surface area contributed by atoms with Gasteiger partial charge in [0.25, 0.3) is 5.91 Å². The highest BCUT2D eigenvalue weighted by Crippen LogP contribution is 2.20. The van der Waals surface area contributed by atoms with Crippen molar-refractivity contribution in [1.82, 2.24) is 14.7 Å². The summed E-state index contributed by atoms with van der Waals surface area (Å²) >= 11 is 5.93. The van der Waals surface area contributed by atoms with Gasteiger partial charge in [-0.25, -0.2) is 0 Å². The van der Waals surface area contributed by atoms with Gasteiger partial charge in [-0.2, -0.15) is 5.10 Å². The number of carbonyl (C=O) groups excluding carboxylic acids is 1. The van der Waals surface area contributed by atoms with Gasteiger partial charge in [-0.1, -0.05) is 18.5 Å². The molecule has 1 aliphatic rings. The van der Waals surface area contributed by atoms with E-state index in [-0.39, 0.29) is 5.91 Å². The van der Waals surface area contributed by atoms with Crippen LogP contribution in [0.3, 0.4) is 0 Å². The average Bonchev–Trinajstić information content (AvgIpc) is 3.04. The average molecular weight is 333 g/mol. The first-order valence-corrected chi connectivity index (χ1v) is 8.38. The molecule has 0 unspecified atom stereocenters. The van der Waals surface area contributed by atoms with E-state index in [9.17, 15) is 4.79 Å². The third kappa shape index (κ3) is 3.50. The summed E-state index contributed by atoms with van der Waals surface area (Å²) in [5.74, 6) is 0.0757. The molecule has 1 fully saturated rings. The molecular weight excluding hydrogens is 312 g/mol. The summed E-state index contributed by atoms with van der Waals surface area (Å²) in [4.78, 5) is 16.9. The van der Waals surface area contributed by atoms with E-state index in [4.69, 9.17) is 11.6 Å². The zero-order valence-corrected chi connectivity index (χ0v) is 14.0. The van der Waals surface area contributed by atoms with Crippen LogP contribution in [-0.2, 0) is 6.54 Å². The van der Waals surface area contributed by atoms with Gasteiger partial charge in [0.2, 0.25) is 0 Å². The Bertz CT molecular complexity index is 659. The molecule has 1 saturated heterocycles. The molecule has 0 atom stereocenters. The quantitative estimate of drug-likeness (QED) is 0.864. The monoisotopic (exact) mass is 332 g/mol. The standard InChI is InChI=1S/C17H21ClN4O/c1-2-9-22-16(7-8-19-22)17(23)21-12-10-20(11-13-21)15-5-3-14(18)4-6-15/h3-8H,2,9-13H2,1H3. The Morgan fingerprint density at radius 1 is 1.13 bits per heavy atom. The van der Waals surface area contributed by atoms with Gasteiger partial charge >= 0.3 is 0 Å². The summed E-state index contributed by atoms with van der Waals surface area (Å²) in [6.45, 7) is 5.96. The van der Waals surface area contributed by atoms with E-state index in [1.54, 1.807) is 10.9 Å². The van der Waals surface area contributed by atoms with Gasteiger partial charge in [0.05, 0.1) is 0 Å². The van der Waals surface area contributed by atoms with Gasteiger partial charge in [-0.05, 0) is 36.8 Å². The van der Waals surface area contributed by atoms with Crippen LogP contribution in [0.15, 0.2) is 36.5 Å². The number of piperazine rings is 1. The van der Waals surface area contributed by atoms with E-state index in [0.717, 1.165) is 49.9 Å². The number of halogens is 1. The molecule has 0 N–H and O–H groups in total. The number of carbonyl (C=O) groups is 1. The second-order valence-corrected chi connectivity index (χ2v) is 6.13. The molecule has 3 rings (SSSR count). The smallest absolute Gasteiger partial charge is 0.272 e. The fourth-order valence-electron chi connectivity index (χ4n) is 2.89. The van der Waals surface area contributed by atoms with Crippen molar-refractivity contribution in [2.75, 3.05) is 31.1 Å². The topological polar surface area (TPSA) is 41.4 Å². The van der Waals surface area contributed by atoms with Crippen molar-refractivity contribution < 1.29 is 4.79 Å². The molecule has 1 aromatic heterocycles. The van der Waals surface area contributed by atoms with Crippen LogP contribution >= 0.6 is 11.6 Å². The molecule has 23 heavy (non-hydrogen) atoms. The van der Waals surface area contributed by atoms with Gasteiger partial charge in [-0.3, -0.25) is 9.48 Å². The summed E-state index contributed by atoms with van der Waals surface area (Å²) in [6.07, 6.45) is 2.67. The van der Waals surface area contributed by atoms with Crippen molar-refractivity contribution in [2.24, 2.45) is 0 Å². The van der Waals surface area contributed by atoms with Crippen LogP contribution in [-0.4, -0.2) is 46.8 Å². The molecule has 0 radical (unpaired) electrons. The Morgan fingerprint density at radius 2 is 1.83 bits per heavy atom. The van der Waals surface area contributed by atoms with Gasteiger partial charge < -0.3 is 9.80 Å². The fourth-order valence-corrected chi connectivity index (χ4v) is 3.01. The third-order valence-electron chi connectivity index (χ3n) is 4.13. The van der Waals surface area contributed by atoms with Crippen LogP contribution in [0.1, 0.15) is 23.8 Å². The lowest BCUT2D eigenvalue weighted by atomic mass is 10.2. The second kappa shape index (κ2) is 7.04. The first-order chi connectivity index (χ1) is 11.2. The van der Waals surface area contributed by atoms with E-state index in [1.807, 2.05) is 35.2 Å². The number of benzene rings is 1. The first kappa shape index (κ1) is 15.9. The van der Waals surface area contributed by atoms with Crippen molar-refractivity contribution in [3.05, 3.63) is 47.2 Å². The Morgan fingerprint density at radius 3 is 2.48 bits per heavy atom. The molecule has 0 aliphatic carbocycles. The van der Waals surface area contributed by atoms with Crippen molar-refractivity contribution in [2.45, 2.75) is 19.9 Å². The number of hydrogen-bond acceptors (Lipinski definition) is 3. The molecule has 0 bridgehead atoms.